The van der Waals surface area contributed by atoms with Gasteiger partial charge in [0.2, 0.25) is 12.1 Å². The van der Waals surface area contributed by atoms with E-state index in [-0.39, 0.29) is 12.8 Å². The highest BCUT2D eigenvalue weighted by Crippen LogP contribution is 2.32. The summed E-state index contributed by atoms with van der Waals surface area (Å²) in [5, 5.41) is 30.2. The summed E-state index contributed by atoms with van der Waals surface area (Å²) in [4.78, 5) is 30.9. The summed E-state index contributed by atoms with van der Waals surface area (Å²) < 4.78 is 0. The van der Waals surface area contributed by atoms with Crippen molar-refractivity contribution in [1.29, 1.82) is 0 Å². The van der Waals surface area contributed by atoms with Crippen LogP contribution in [0.3, 0.4) is 0 Å². The Hall–Kier alpha value is -1.73. The zero-order valence-electron chi connectivity index (χ0n) is 8.61. The van der Waals surface area contributed by atoms with Gasteiger partial charge in [0.05, 0.1) is 11.8 Å². The van der Waals surface area contributed by atoms with Crippen LogP contribution in [0.2, 0.25) is 0 Å². The van der Waals surface area contributed by atoms with Gasteiger partial charge in [-0.05, 0) is 6.92 Å². The van der Waals surface area contributed by atoms with Gasteiger partial charge in [-0.2, -0.15) is 0 Å². The Morgan fingerprint density at radius 2 is 1.56 bits per heavy atom. The zero-order chi connectivity index (χ0) is 12.5. The summed E-state index contributed by atoms with van der Waals surface area (Å²) in [6.45, 7) is 1.43. The first kappa shape index (κ1) is 12.3. The van der Waals surface area contributed by atoms with Crippen LogP contribution < -0.4 is 0 Å². The third-order valence-corrected chi connectivity index (χ3v) is 3.16. The normalized spacial score (nSPS) is 34.3. The molecule has 1 aliphatic carbocycles. The number of carbonyl (C=O) groups is 1. The molecule has 2 atom stereocenters. The Labute approximate surface area is 90.5 Å². The molecule has 90 valence electrons. The smallest absolute Gasteiger partial charge is 0.307 e. The fraction of sp³-hybridized carbons (Fsp3) is 0.875. The second-order valence-electron chi connectivity index (χ2n) is 4.07. The molecule has 0 heterocycles. The molecule has 0 aromatic carbocycles. The van der Waals surface area contributed by atoms with Crippen LogP contribution in [-0.4, -0.2) is 33.0 Å². The van der Waals surface area contributed by atoms with Crippen molar-refractivity contribution in [1.82, 2.24) is 0 Å². The minimum Gasteiger partial charge on any atom is -0.481 e. The molecule has 0 amide bonds. The van der Waals surface area contributed by atoms with Crippen LogP contribution in [0, 0.1) is 32.1 Å². The molecular weight excluding hydrogens is 220 g/mol. The van der Waals surface area contributed by atoms with Crippen molar-refractivity contribution in [2.45, 2.75) is 31.8 Å². The van der Waals surface area contributed by atoms with Gasteiger partial charge in [0.25, 0.3) is 0 Å². The highest BCUT2D eigenvalue weighted by Gasteiger charge is 2.49. The monoisotopic (exact) mass is 232 g/mol. The van der Waals surface area contributed by atoms with E-state index >= 15 is 0 Å². The number of hydrogen-bond donors (Lipinski definition) is 1. The van der Waals surface area contributed by atoms with Gasteiger partial charge in [-0.25, -0.2) is 0 Å². The Balaban J connectivity index is 2.92. The van der Waals surface area contributed by atoms with Gasteiger partial charge in [-0.1, -0.05) is 0 Å². The Kier molecular flexibility index (Phi) is 3.41. The van der Waals surface area contributed by atoms with E-state index in [4.69, 9.17) is 5.11 Å². The van der Waals surface area contributed by atoms with Crippen LogP contribution in [0.5, 0.6) is 0 Å². The summed E-state index contributed by atoms with van der Waals surface area (Å²) in [5.41, 5.74) is 0. The molecule has 8 heteroatoms. The highest BCUT2D eigenvalue weighted by molar-refractivity contribution is 5.70. The summed E-state index contributed by atoms with van der Waals surface area (Å²) in [5.74, 6) is -2.94. The Morgan fingerprint density at radius 1 is 1.19 bits per heavy atom. The summed E-state index contributed by atoms with van der Waals surface area (Å²) in [6, 6.07) is -2.30. The lowest BCUT2D eigenvalue weighted by Crippen LogP contribution is -2.47. The number of nitro groups is 2. The first-order valence-electron chi connectivity index (χ1n) is 4.84. The highest BCUT2D eigenvalue weighted by atomic mass is 16.6. The first-order chi connectivity index (χ1) is 7.34. The second kappa shape index (κ2) is 4.42. The molecule has 1 rings (SSSR count). The lowest BCUT2D eigenvalue weighted by Gasteiger charge is -2.28. The van der Waals surface area contributed by atoms with Crippen molar-refractivity contribution < 1.29 is 19.7 Å². The zero-order valence-corrected chi connectivity index (χ0v) is 8.61. The molecule has 1 aliphatic rings. The van der Waals surface area contributed by atoms with E-state index < -0.39 is 39.7 Å². The van der Waals surface area contributed by atoms with Crippen molar-refractivity contribution in [3.8, 4) is 0 Å². The van der Waals surface area contributed by atoms with Crippen LogP contribution in [0.25, 0.3) is 0 Å². The van der Waals surface area contributed by atoms with Crippen molar-refractivity contribution in [2.75, 3.05) is 0 Å². The molecule has 0 aliphatic heterocycles. The van der Waals surface area contributed by atoms with Gasteiger partial charge in [-0.3, -0.25) is 25.0 Å². The van der Waals surface area contributed by atoms with Gasteiger partial charge in [0, 0.05) is 22.7 Å². The maximum absolute atomic E-state index is 10.8. The largest absolute Gasteiger partial charge is 0.481 e. The van der Waals surface area contributed by atoms with Crippen LogP contribution in [-0.2, 0) is 4.79 Å². The van der Waals surface area contributed by atoms with Crippen LogP contribution in [0.1, 0.15) is 19.8 Å². The number of hydrogen-bond acceptors (Lipinski definition) is 5. The van der Waals surface area contributed by atoms with Crippen molar-refractivity contribution in [3.63, 3.8) is 0 Å². The predicted octanol–water partition coefficient (Wildman–Crippen LogP) is 0.408. The van der Waals surface area contributed by atoms with Crippen LogP contribution >= 0.6 is 0 Å². The van der Waals surface area contributed by atoms with Gasteiger partial charge < -0.3 is 5.11 Å². The Bertz CT molecular complexity index is 306. The Morgan fingerprint density at radius 3 is 1.81 bits per heavy atom. The number of aliphatic carboxylic acids is 1. The summed E-state index contributed by atoms with van der Waals surface area (Å²) in [7, 11) is 0. The topological polar surface area (TPSA) is 124 Å². The number of carboxylic acid groups (broad SMARTS) is 1. The second-order valence-corrected chi connectivity index (χ2v) is 4.07. The van der Waals surface area contributed by atoms with E-state index in [0.717, 1.165) is 0 Å². The van der Waals surface area contributed by atoms with Gasteiger partial charge >= 0.3 is 5.97 Å². The molecule has 2 unspecified atom stereocenters. The molecule has 0 saturated heterocycles. The average molecular weight is 232 g/mol. The molecule has 1 fully saturated rings. The first-order valence-corrected chi connectivity index (χ1v) is 4.84. The van der Waals surface area contributed by atoms with E-state index in [1.807, 2.05) is 0 Å². The van der Waals surface area contributed by atoms with Crippen molar-refractivity contribution in [3.05, 3.63) is 20.2 Å². The molecule has 0 radical (unpaired) electrons. The van der Waals surface area contributed by atoms with Crippen molar-refractivity contribution >= 4 is 5.97 Å². The fourth-order valence-electron chi connectivity index (χ4n) is 2.12. The average Bonchev–Trinajstić information content (AvgIpc) is 2.16. The number of carboxylic acids is 1. The molecule has 1 saturated carbocycles. The van der Waals surface area contributed by atoms with Gasteiger partial charge in [0.1, 0.15) is 0 Å². The molecule has 0 bridgehead atoms. The lowest BCUT2D eigenvalue weighted by molar-refractivity contribution is -0.584. The quantitative estimate of drug-likeness (QED) is 0.555. The van der Waals surface area contributed by atoms with E-state index in [9.17, 15) is 25.0 Å². The van der Waals surface area contributed by atoms with Crippen molar-refractivity contribution in [2.24, 2.45) is 11.8 Å². The van der Waals surface area contributed by atoms with Gasteiger partial charge in [-0.15, -0.1) is 0 Å². The molecule has 0 aromatic rings. The fourth-order valence-corrected chi connectivity index (χ4v) is 2.12. The summed E-state index contributed by atoms with van der Waals surface area (Å²) >= 11 is 0. The van der Waals surface area contributed by atoms with E-state index in [1.165, 1.54) is 6.92 Å². The minimum atomic E-state index is -1.20. The molecule has 16 heavy (non-hydrogen) atoms. The lowest BCUT2D eigenvalue weighted by atomic mass is 9.76. The van der Waals surface area contributed by atoms with Crippen LogP contribution in [0.15, 0.2) is 0 Å². The molecular formula is C8H12N2O6. The van der Waals surface area contributed by atoms with Crippen LogP contribution in [0.4, 0.5) is 0 Å². The standard InChI is InChI=1S/C8H12N2O6/c1-4-6(9(13)14)2-5(8(11)12)3-7(4)10(15)16/h4-7H,2-3H2,1H3,(H,11,12). The number of rotatable bonds is 3. The maximum Gasteiger partial charge on any atom is 0.307 e. The van der Waals surface area contributed by atoms with E-state index in [1.54, 1.807) is 0 Å². The molecule has 0 spiro atoms. The van der Waals surface area contributed by atoms with Gasteiger partial charge in [0.15, 0.2) is 0 Å². The molecule has 8 nitrogen and oxygen atoms in total. The third-order valence-electron chi connectivity index (χ3n) is 3.16. The summed E-state index contributed by atoms with van der Waals surface area (Å²) in [6.07, 6.45) is -0.262. The van der Waals surface area contributed by atoms with E-state index in [2.05, 4.69) is 0 Å². The third kappa shape index (κ3) is 2.26. The predicted molar refractivity (Wildman–Crippen MR) is 51.1 cm³/mol. The SMILES string of the molecule is CC1C([N+](=O)[O-])CC(C(=O)O)CC1[N+](=O)[O-]. The minimum absolute atomic E-state index is 0.131. The molecule has 1 N–H and O–H groups in total. The number of nitrogens with zero attached hydrogens (tertiary/aromatic N) is 2. The van der Waals surface area contributed by atoms with E-state index in [0.29, 0.717) is 0 Å². The molecule has 0 aromatic heterocycles. The maximum atomic E-state index is 10.8.